The minimum absolute atomic E-state index is 0.341. The average Bonchev–Trinajstić information content (AvgIpc) is 2.86. The zero-order chi connectivity index (χ0) is 9.97. The Morgan fingerprint density at radius 3 is 3.29 bits per heavy atom. The van der Waals surface area contributed by atoms with Crippen LogP contribution in [-0.4, -0.2) is 31.2 Å². The summed E-state index contributed by atoms with van der Waals surface area (Å²) in [5.41, 5.74) is 1.01. The molecular formula is C9H12N2O2S. The second kappa shape index (κ2) is 4.06. The first-order valence-corrected chi connectivity index (χ1v) is 5.43. The van der Waals surface area contributed by atoms with E-state index in [1.165, 1.54) is 18.4 Å². The van der Waals surface area contributed by atoms with E-state index in [2.05, 4.69) is 15.0 Å². The summed E-state index contributed by atoms with van der Waals surface area (Å²) in [5.74, 6) is 0.122. The van der Waals surface area contributed by atoms with Crippen LogP contribution in [0.25, 0.3) is 0 Å². The van der Waals surface area contributed by atoms with Gasteiger partial charge in [-0.2, -0.15) is 0 Å². The van der Waals surface area contributed by atoms with Crippen molar-refractivity contribution in [2.24, 2.45) is 0 Å². The fraction of sp³-hybridized carbons (Fsp3) is 0.556. The van der Waals surface area contributed by atoms with Gasteiger partial charge >= 0.3 is 5.97 Å². The lowest BCUT2D eigenvalue weighted by Gasteiger charge is -2.01. The maximum Gasteiger partial charge on any atom is 0.367 e. The summed E-state index contributed by atoms with van der Waals surface area (Å²) in [6.45, 7) is 2.00. The molecule has 0 aliphatic carbocycles. The third-order valence-electron chi connectivity index (χ3n) is 2.36. The van der Waals surface area contributed by atoms with Gasteiger partial charge in [-0.25, -0.2) is 9.78 Å². The van der Waals surface area contributed by atoms with Gasteiger partial charge in [-0.05, 0) is 13.0 Å². The summed E-state index contributed by atoms with van der Waals surface area (Å²) in [6, 6.07) is 0. The number of esters is 1. The third kappa shape index (κ3) is 1.78. The number of ether oxygens (including phenoxy) is 1. The molecule has 0 bridgehead atoms. The van der Waals surface area contributed by atoms with E-state index < -0.39 is 0 Å². The summed E-state index contributed by atoms with van der Waals surface area (Å²) < 4.78 is 4.61. The standard InChI is InChI=1S/C9H12N2O2S/c1-13-9(12)8-11-7(5-14-8)6-2-3-10-4-6/h5-6,10H,2-4H2,1H3. The van der Waals surface area contributed by atoms with Crippen molar-refractivity contribution in [3.8, 4) is 0 Å². The van der Waals surface area contributed by atoms with Gasteiger partial charge in [0.15, 0.2) is 0 Å². The number of nitrogens with zero attached hydrogens (tertiary/aromatic N) is 1. The Hall–Kier alpha value is -0.940. The lowest BCUT2D eigenvalue weighted by atomic mass is 10.1. The number of methoxy groups -OCH3 is 1. The molecule has 76 valence electrons. The van der Waals surface area contributed by atoms with Crippen molar-refractivity contribution in [1.29, 1.82) is 0 Å². The van der Waals surface area contributed by atoms with Crippen LogP contribution in [0.1, 0.15) is 27.8 Å². The van der Waals surface area contributed by atoms with Crippen LogP contribution in [-0.2, 0) is 4.74 Å². The summed E-state index contributed by atoms with van der Waals surface area (Å²) in [6.07, 6.45) is 1.10. The van der Waals surface area contributed by atoms with E-state index in [0.717, 1.165) is 25.2 Å². The predicted octanol–water partition coefficient (Wildman–Crippen LogP) is 1.01. The number of hydrogen-bond donors (Lipinski definition) is 1. The fourth-order valence-corrected chi connectivity index (χ4v) is 2.38. The van der Waals surface area contributed by atoms with E-state index >= 15 is 0 Å². The van der Waals surface area contributed by atoms with Gasteiger partial charge in [-0.1, -0.05) is 0 Å². The first kappa shape index (κ1) is 9.61. The van der Waals surface area contributed by atoms with Crippen molar-refractivity contribution in [1.82, 2.24) is 10.3 Å². The van der Waals surface area contributed by atoms with Gasteiger partial charge in [-0.15, -0.1) is 11.3 Å². The molecule has 1 aliphatic heterocycles. The molecule has 1 unspecified atom stereocenters. The highest BCUT2D eigenvalue weighted by atomic mass is 32.1. The van der Waals surface area contributed by atoms with Crippen LogP contribution in [0.3, 0.4) is 0 Å². The van der Waals surface area contributed by atoms with Gasteiger partial charge in [0.2, 0.25) is 5.01 Å². The molecule has 0 amide bonds. The van der Waals surface area contributed by atoms with Crippen LogP contribution in [0.4, 0.5) is 0 Å². The second-order valence-electron chi connectivity index (χ2n) is 3.26. The molecule has 1 N–H and O–H groups in total. The quantitative estimate of drug-likeness (QED) is 0.743. The first-order valence-electron chi connectivity index (χ1n) is 4.55. The maximum atomic E-state index is 11.2. The Morgan fingerprint density at radius 2 is 2.64 bits per heavy atom. The molecule has 1 aromatic rings. The normalized spacial score (nSPS) is 21.1. The molecule has 2 rings (SSSR count). The zero-order valence-corrected chi connectivity index (χ0v) is 8.76. The number of aromatic nitrogens is 1. The van der Waals surface area contributed by atoms with Crippen molar-refractivity contribution in [3.63, 3.8) is 0 Å². The molecule has 1 saturated heterocycles. The monoisotopic (exact) mass is 212 g/mol. The van der Waals surface area contributed by atoms with Gasteiger partial charge in [0.05, 0.1) is 12.8 Å². The fourth-order valence-electron chi connectivity index (χ4n) is 1.56. The molecule has 1 fully saturated rings. The first-order chi connectivity index (χ1) is 6.81. The average molecular weight is 212 g/mol. The molecule has 5 heteroatoms. The minimum atomic E-state index is -0.341. The Bertz CT molecular complexity index is 331. The van der Waals surface area contributed by atoms with E-state index in [1.807, 2.05) is 5.38 Å². The van der Waals surface area contributed by atoms with Crippen LogP contribution >= 0.6 is 11.3 Å². The van der Waals surface area contributed by atoms with Crippen molar-refractivity contribution in [2.45, 2.75) is 12.3 Å². The molecule has 2 heterocycles. The Morgan fingerprint density at radius 1 is 1.79 bits per heavy atom. The zero-order valence-electron chi connectivity index (χ0n) is 7.95. The van der Waals surface area contributed by atoms with Crippen LogP contribution in [0, 0.1) is 0 Å². The predicted molar refractivity (Wildman–Crippen MR) is 53.7 cm³/mol. The van der Waals surface area contributed by atoms with Crippen molar-refractivity contribution < 1.29 is 9.53 Å². The largest absolute Gasteiger partial charge is 0.464 e. The van der Waals surface area contributed by atoms with Gasteiger partial charge < -0.3 is 10.1 Å². The molecule has 0 radical (unpaired) electrons. The van der Waals surface area contributed by atoms with Crippen molar-refractivity contribution in [2.75, 3.05) is 20.2 Å². The molecule has 1 atom stereocenters. The SMILES string of the molecule is COC(=O)c1nc(C2CCNC2)cs1. The topological polar surface area (TPSA) is 51.2 Å². The summed E-state index contributed by atoms with van der Waals surface area (Å²) in [5, 5.41) is 5.67. The number of thiazole rings is 1. The highest BCUT2D eigenvalue weighted by Gasteiger charge is 2.21. The lowest BCUT2D eigenvalue weighted by Crippen LogP contribution is -2.08. The number of carbonyl (C=O) groups is 1. The number of carbonyl (C=O) groups excluding carboxylic acids is 1. The van der Waals surface area contributed by atoms with Gasteiger partial charge in [0.25, 0.3) is 0 Å². The number of hydrogen-bond acceptors (Lipinski definition) is 5. The molecule has 1 aromatic heterocycles. The Kier molecular flexibility index (Phi) is 2.79. The van der Waals surface area contributed by atoms with Gasteiger partial charge in [0.1, 0.15) is 0 Å². The van der Waals surface area contributed by atoms with Crippen molar-refractivity contribution in [3.05, 3.63) is 16.1 Å². The van der Waals surface area contributed by atoms with E-state index in [-0.39, 0.29) is 5.97 Å². The van der Waals surface area contributed by atoms with E-state index in [1.54, 1.807) is 0 Å². The molecule has 1 aliphatic rings. The van der Waals surface area contributed by atoms with Crippen LogP contribution < -0.4 is 5.32 Å². The minimum Gasteiger partial charge on any atom is -0.464 e. The molecular weight excluding hydrogens is 200 g/mol. The van der Waals surface area contributed by atoms with E-state index in [0.29, 0.717) is 10.9 Å². The molecule has 0 aromatic carbocycles. The highest BCUT2D eigenvalue weighted by Crippen LogP contribution is 2.24. The molecule has 14 heavy (non-hydrogen) atoms. The smallest absolute Gasteiger partial charge is 0.367 e. The number of rotatable bonds is 2. The van der Waals surface area contributed by atoms with Crippen LogP contribution in [0.5, 0.6) is 0 Å². The van der Waals surface area contributed by atoms with Gasteiger partial charge in [0, 0.05) is 17.8 Å². The summed E-state index contributed by atoms with van der Waals surface area (Å²) >= 11 is 1.36. The van der Waals surface area contributed by atoms with Crippen LogP contribution in [0.2, 0.25) is 0 Å². The Labute approximate surface area is 86.3 Å². The van der Waals surface area contributed by atoms with Crippen LogP contribution in [0.15, 0.2) is 5.38 Å². The molecule has 0 saturated carbocycles. The Balaban J connectivity index is 2.12. The third-order valence-corrected chi connectivity index (χ3v) is 3.20. The maximum absolute atomic E-state index is 11.2. The number of nitrogens with one attached hydrogen (secondary N) is 1. The van der Waals surface area contributed by atoms with Gasteiger partial charge in [-0.3, -0.25) is 0 Å². The lowest BCUT2D eigenvalue weighted by molar-refractivity contribution is 0.0600. The van der Waals surface area contributed by atoms with Crippen molar-refractivity contribution >= 4 is 17.3 Å². The second-order valence-corrected chi connectivity index (χ2v) is 4.12. The molecule has 4 nitrogen and oxygen atoms in total. The summed E-state index contributed by atoms with van der Waals surface area (Å²) in [4.78, 5) is 15.4. The van der Waals surface area contributed by atoms with E-state index in [4.69, 9.17) is 0 Å². The van der Waals surface area contributed by atoms with E-state index in [9.17, 15) is 4.79 Å². The highest BCUT2D eigenvalue weighted by molar-refractivity contribution is 7.11. The molecule has 0 spiro atoms. The summed E-state index contributed by atoms with van der Waals surface area (Å²) in [7, 11) is 1.38.